The van der Waals surface area contributed by atoms with E-state index in [2.05, 4.69) is 10.1 Å². The highest BCUT2D eigenvalue weighted by atomic mass is 16.5. The second-order valence-electron chi connectivity index (χ2n) is 3.46. The van der Waals surface area contributed by atoms with Crippen molar-refractivity contribution >= 4 is 5.69 Å². The fourth-order valence-corrected chi connectivity index (χ4v) is 1.55. The van der Waals surface area contributed by atoms with E-state index < -0.39 is 0 Å². The van der Waals surface area contributed by atoms with Gasteiger partial charge in [-0.2, -0.15) is 5.10 Å². The topological polar surface area (TPSA) is 66.0 Å². The maximum absolute atomic E-state index is 5.86. The lowest BCUT2D eigenvalue weighted by molar-refractivity contribution is 0.114. The van der Waals surface area contributed by atoms with Gasteiger partial charge in [0, 0.05) is 13.3 Å². The number of nitrogen functional groups attached to an aromatic ring is 1. The van der Waals surface area contributed by atoms with E-state index >= 15 is 0 Å². The van der Waals surface area contributed by atoms with Crippen molar-refractivity contribution in [2.75, 3.05) is 12.8 Å². The summed E-state index contributed by atoms with van der Waals surface area (Å²) >= 11 is 0. The molecule has 0 radical (unpaired) electrons. The summed E-state index contributed by atoms with van der Waals surface area (Å²) in [7, 11) is 1.64. The maximum atomic E-state index is 5.86. The highest BCUT2D eigenvalue weighted by molar-refractivity contribution is 5.45. The molecule has 0 amide bonds. The Morgan fingerprint density at radius 1 is 1.44 bits per heavy atom. The molecule has 2 N–H and O–H groups in total. The number of aromatic nitrogens is 3. The van der Waals surface area contributed by atoms with Crippen molar-refractivity contribution in [3.8, 4) is 5.82 Å². The largest absolute Gasteiger partial charge is 0.396 e. The number of nitrogens with two attached hydrogens (primary N) is 1. The van der Waals surface area contributed by atoms with Crippen LogP contribution in [0.2, 0.25) is 0 Å². The first-order chi connectivity index (χ1) is 7.74. The lowest BCUT2D eigenvalue weighted by Crippen LogP contribution is -2.09. The summed E-state index contributed by atoms with van der Waals surface area (Å²) in [5.41, 5.74) is 7.30. The fraction of sp³-hybridized carbons (Fsp3) is 0.273. The average molecular weight is 218 g/mol. The Kier molecular flexibility index (Phi) is 2.87. The summed E-state index contributed by atoms with van der Waals surface area (Å²) in [6.45, 7) is 1.92. The molecule has 5 heteroatoms. The number of hydrogen-bond donors (Lipinski definition) is 1. The van der Waals surface area contributed by atoms with Crippen molar-refractivity contribution in [3.05, 3.63) is 36.3 Å². The minimum atomic E-state index is -0.121. The third kappa shape index (κ3) is 1.77. The molecule has 2 aromatic rings. The molecule has 0 spiro atoms. The Bertz CT molecular complexity index is 466. The van der Waals surface area contributed by atoms with Crippen molar-refractivity contribution in [2.45, 2.75) is 13.0 Å². The van der Waals surface area contributed by atoms with Crippen LogP contribution in [0, 0.1) is 0 Å². The zero-order valence-corrected chi connectivity index (χ0v) is 9.29. The van der Waals surface area contributed by atoms with Gasteiger partial charge < -0.3 is 10.5 Å². The molecule has 0 aliphatic carbocycles. The van der Waals surface area contributed by atoms with Crippen molar-refractivity contribution in [1.82, 2.24) is 14.8 Å². The average Bonchev–Trinajstić information content (AvgIpc) is 2.71. The quantitative estimate of drug-likeness (QED) is 0.849. The zero-order valence-electron chi connectivity index (χ0n) is 9.29. The van der Waals surface area contributed by atoms with E-state index in [4.69, 9.17) is 10.5 Å². The van der Waals surface area contributed by atoms with Crippen molar-refractivity contribution in [1.29, 1.82) is 0 Å². The molecular formula is C11H14N4O. The first kappa shape index (κ1) is 10.6. The number of pyridine rings is 1. The molecule has 0 aromatic carbocycles. The third-order valence-electron chi connectivity index (χ3n) is 2.44. The fourth-order valence-electron chi connectivity index (χ4n) is 1.55. The van der Waals surface area contributed by atoms with E-state index in [1.807, 2.05) is 25.1 Å². The van der Waals surface area contributed by atoms with Crippen LogP contribution in [0.25, 0.3) is 5.82 Å². The van der Waals surface area contributed by atoms with Crippen LogP contribution in [-0.2, 0) is 4.74 Å². The monoisotopic (exact) mass is 218 g/mol. The van der Waals surface area contributed by atoms with Gasteiger partial charge in [-0.15, -0.1) is 0 Å². The van der Waals surface area contributed by atoms with Gasteiger partial charge in [-0.1, -0.05) is 6.07 Å². The Morgan fingerprint density at radius 2 is 2.25 bits per heavy atom. The molecule has 0 saturated carbocycles. The van der Waals surface area contributed by atoms with Gasteiger partial charge in [0.1, 0.15) is 0 Å². The Morgan fingerprint density at radius 3 is 2.88 bits per heavy atom. The molecule has 84 valence electrons. The van der Waals surface area contributed by atoms with Gasteiger partial charge in [-0.25, -0.2) is 9.67 Å². The molecule has 0 aliphatic rings. The van der Waals surface area contributed by atoms with Gasteiger partial charge >= 0.3 is 0 Å². The molecule has 16 heavy (non-hydrogen) atoms. The molecule has 1 unspecified atom stereocenters. The van der Waals surface area contributed by atoms with Crippen LogP contribution >= 0.6 is 0 Å². The summed E-state index contributed by atoms with van der Waals surface area (Å²) in [5.74, 6) is 0.734. The lowest BCUT2D eigenvalue weighted by Gasteiger charge is -2.12. The maximum Gasteiger partial charge on any atom is 0.153 e. The van der Waals surface area contributed by atoms with Crippen LogP contribution in [0.4, 0.5) is 5.69 Å². The molecular weight excluding hydrogens is 204 g/mol. The number of nitrogens with zero attached hydrogens (tertiary/aromatic N) is 3. The molecule has 2 heterocycles. The molecule has 2 rings (SSSR count). The van der Waals surface area contributed by atoms with Crippen molar-refractivity contribution in [2.24, 2.45) is 0 Å². The van der Waals surface area contributed by atoms with E-state index in [9.17, 15) is 0 Å². The predicted molar refractivity (Wildman–Crippen MR) is 61.2 cm³/mol. The molecule has 5 nitrogen and oxygen atoms in total. The van der Waals surface area contributed by atoms with Gasteiger partial charge in [0.15, 0.2) is 5.82 Å². The minimum absolute atomic E-state index is 0.121. The molecule has 0 fully saturated rings. The molecule has 0 bridgehead atoms. The van der Waals surface area contributed by atoms with Gasteiger partial charge in [0.05, 0.1) is 23.7 Å². The van der Waals surface area contributed by atoms with Gasteiger partial charge in [0.2, 0.25) is 0 Å². The number of rotatable bonds is 3. The van der Waals surface area contributed by atoms with Gasteiger partial charge in [0.25, 0.3) is 0 Å². The predicted octanol–water partition coefficient (Wildman–Crippen LogP) is 1.56. The van der Waals surface area contributed by atoms with E-state index in [0.29, 0.717) is 5.69 Å². The second-order valence-corrected chi connectivity index (χ2v) is 3.46. The normalized spacial score (nSPS) is 12.6. The SMILES string of the molecule is COC(C)c1c(N)cnn1-c1ccccn1. The van der Waals surface area contributed by atoms with Crippen LogP contribution in [0.1, 0.15) is 18.7 Å². The number of hydrogen-bond acceptors (Lipinski definition) is 4. The summed E-state index contributed by atoms with van der Waals surface area (Å²) in [6, 6.07) is 5.63. The molecule has 0 aliphatic heterocycles. The van der Waals surface area contributed by atoms with Gasteiger partial charge in [-0.05, 0) is 19.1 Å². The van der Waals surface area contributed by atoms with Crippen molar-refractivity contribution < 1.29 is 4.74 Å². The van der Waals surface area contributed by atoms with Crippen LogP contribution in [0.5, 0.6) is 0 Å². The zero-order chi connectivity index (χ0) is 11.5. The summed E-state index contributed by atoms with van der Waals surface area (Å²) < 4.78 is 6.97. The Labute approximate surface area is 93.9 Å². The van der Waals surface area contributed by atoms with Gasteiger partial charge in [-0.3, -0.25) is 0 Å². The number of ether oxygens (including phenoxy) is 1. The van der Waals surface area contributed by atoms with Crippen LogP contribution in [0.3, 0.4) is 0 Å². The van der Waals surface area contributed by atoms with Crippen molar-refractivity contribution in [3.63, 3.8) is 0 Å². The summed E-state index contributed by atoms with van der Waals surface area (Å²) in [6.07, 6.45) is 3.21. The van der Waals surface area contributed by atoms with E-state index in [0.717, 1.165) is 11.5 Å². The van der Waals surface area contributed by atoms with Crippen LogP contribution in [0.15, 0.2) is 30.6 Å². The summed E-state index contributed by atoms with van der Waals surface area (Å²) in [5, 5.41) is 4.20. The summed E-state index contributed by atoms with van der Waals surface area (Å²) in [4.78, 5) is 4.23. The Balaban J connectivity index is 2.50. The minimum Gasteiger partial charge on any atom is -0.396 e. The number of anilines is 1. The lowest BCUT2D eigenvalue weighted by atomic mass is 10.2. The van der Waals surface area contributed by atoms with E-state index in [1.54, 1.807) is 24.2 Å². The standard InChI is InChI=1S/C11H14N4O/c1-8(16-2)11-9(12)7-14-15(11)10-5-3-4-6-13-10/h3-8H,12H2,1-2H3. The Hall–Kier alpha value is -1.88. The van der Waals surface area contributed by atoms with E-state index in [-0.39, 0.29) is 6.10 Å². The molecule has 1 atom stereocenters. The number of methoxy groups -OCH3 is 1. The van der Waals surface area contributed by atoms with E-state index in [1.165, 1.54) is 0 Å². The third-order valence-corrected chi connectivity index (χ3v) is 2.44. The highest BCUT2D eigenvalue weighted by Gasteiger charge is 2.16. The second kappa shape index (κ2) is 4.32. The smallest absolute Gasteiger partial charge is 0.153 e. The van der Waals surface area contributed by atoms with Crippen LogP contribution < -0.4 is 5.73 Å². The highest BCUT2D eigenvalue weighted by Crippen LogP contribution is 2.24. The molecule has 2 aromatic heterocycles. The first-order valence-corrected chi connectivity index (χ1v) is 5.01. The molecule has 0 saturated heterocycles. The first-order valence-electron chi connectivity index (χ1n) is 5.01. The van der Waals surface area contributed by atoms with Crippen LogP contribution in [-0.4, -0.2) is 21.9 Å².